The van der Waals surface area contributed by atoms with E-state index in [1.54, 1.807) is 25.1 Å². The Balaban J connectivity index is 1.91. The van der Waals surface area contributed by atoms with Gasteiger partial charge in [-0.25, -0.2) is 0 Å². The summed E-state index contributed by atoms with van der Waals surface area (Å²) in [5, 5.41) is 45.1. The number of amides is 1. The average Bonchev–Trinajstić information content (AvgIpc) is 2.81. The van der Waals surface area contributed by atoms with Gasteiger partial charge in [0.05, 0.1) is 11.6 Å². The molecule has 13 heteroatoms. The Morgan fingerprint density at radius 1 is 1.15 bits per heavy atom. The van der Waals surface area contributed by atoms with E-state index in [0.29, 0.717) is 11.3 Å². The van der Waals surface area contributed by atoms with Gasteiger partial charge >= 0.3 is 6.18 Å². The van der Waals surface area contributed by atoms with Crippen molar-refractivity contribution >= 4 is 28.9 Å². The number of ketones is 2. The third kappa shape index (κ3) is 4.40. The number of primary amides is 1. The molecule has 218 valence electrons. The van der Waals surface area contributed by atoms with E-state index in [1.165, 1.54) is 19.0 Å². The number of hydrogen-bond donors (Lipinski definition) is 5. The molecule has 1 aromatic carbocycles. The molecule has 0 heterocycles. The first-order valence-electron chi connectivity index (χ1n) is 12.7. The molecule has 1 amide bonds. The molecule has 4 rings (SSSR count). The number of carbonyl (C=O) groups is 3. The van der Waals surface area contributed by atoms with Crippen LogP contribution in [0.15, 0.2) is 23.0 Å². The van der Waals surface area contributed by atoms with Gasteiger partial charge in [-0.15, -0.1) is 0 Å². The van der Waals surface area contributed by atoms with Crippen LogP contribution in [0.25, 0.3) is 5.76 Å². The van der Waals surface area contributed by atoms with Crippen LogP contribution in [-0.4, -0.2) is 88.8 Å². The number of aliphatic hydroxyl groups is 3. The van der Waals surface area contributed by atoms with E-state index in [0.717, 1.165) is 0 Å². The van der Waals surface area contributed by atoms with Gasteiger partial charge in [-0.2, -0.15) is 13.2 Å². The molecule has 3 aliphatic rings. The van der Waals surface area contributed by atoms with Gasteiger partial charge in [0.15, 0.2) is 11.4 Å². The predicted molar refractivity (Wildman–Crippen MR) is 138 cm³/mol. The minimum atomic E-state index is -4.39. The molecule has 0 spiro atoms. The van der Waals surface area contributed by atoms with Crippen LogP contribution in [0.5, 0.6) is 5.75 Å². The summed E-state index contributed by atoms with van der Waals surface area (Å²) in [6, 6.07) is 0.347. The lowest BCUT2D eigenvalue weighted by Gasteiger charge is -2.50. The number of benzene rings is 1. The number of fused-ring (bicyclic) bond motifs is 3. The Bertz CT molecular complexity index is 1370. The third-order valence-corrected chi connectivity index (χ3v) is 8.16. The largest absolute Gasteiger partial charge is 0.508 e. The average molecular weight is 568 g/mol. The van der Waals surface area contributed by atoms with Gasteiger partial charge < -0.3 is 31.1 Å². The number of carbonyl (C=O) groups excluding carboxylic acids is 3. The standard InChI is InChI=1S/C27H32F3N3O7/c1-32(2)15-10-11(6-5-7-26(28,29)30)20(34)17-13(15)8-12-9-14-19(33(3)4)22(36)18(25(31)39)24(38)27(14,40)23(37)16(12)21(17)35/h10,12,14,19,34-35,38,40H,5-9H2,1-4H3,(H2,31,39)/t12-,14-,19-,27-/m0/s1. The van der Waals surface area contributed by atoms with Crippen molar-refractivity contribution in [2.75, 3.05) is 33.1 Å². The zero-order chi connectivity index (χ0) is 30.1. The number of aromatic hydroxyl groups is 1. The summed E-state index contributed by atoms with van der Waals surface area (Å²) in [4.78, 5) is 42.3. The van der Waals surface area contributed by atoms with Gasteiger partial charge in [-0.3, -0.25) is 19.3 Å². The number of aryl methyl sites for hydroxylation is 1. The summed E-state index contributed by atoms with van der Waals surface area (Å²) in [7, 11) is 6.39. The van der Waals surface area contributed by atoms with Gasteiger partial charge in [0, 0.05) is 37.7 Å². The van der Waals surface area contributed by atoms with Crippen LogP contribution in [0.4, 0.5) is 18.9 Å². The maximum atomic E-state index is 13.9. The van der Waals surface area contributed by atoms with Crippen LogP contribution in [0.2, 0.25) is 0 Å². The number of nitrogens with two attached hydrogens (primary N) is 1. The quantitative estimate of drug-likeness (QED) is 0.323. The Kier molecular flexibility index (Phi) is 7.21. The smallest absolute Gasteiger partial charge is 0.389 e. The number of anilines is 1. The summed E-state index contributed by atoms with van der Waals surface area (Å²) >= 11 is 0. The highest BCUT2D eigenvalue weighted by atomic mass is 19.4. The lowest BCUT2D eigenvalue weighted by molar-refractivity contribution is -0.153. The van der Waals surface area contributed by atoms with Gasteiger partial charge in [0.25, 0.3) is 5.91 Å². The van der Waals surface area contributed by atoms with E-state index in [-0.39, 0.29) is 42.4 Å². The van der Waals surface area contributed by atoms with Crippen LogP contribution in [-0.2, 0) is 27.2 Å². The number of aliphatic hydroxyl groups excluding tert-OH is 2. The van der Waals surface area contributed by atoms with Crippen molar-refractivity contribution in [1.29, 1.82) is 0 Å². The normalized spacial score (nSPS) is 26.6. The lowest BCUT2D eigenvalue weighted by atomic mass is 9.57. The highest BCUT2D eigenvalue weighted by Crippen LogP contribution is 2.54. The Morgan fingerprint density at radius 3 is 2.30 bits per heavy atom. The molecule has 1 fully saturated rings. The van der Waals surface area contributed by atoms with Crippen LogP contribution < -0.4 is 10.6 Å². The molecule has 6 N–H and O–H groups in total. The van der Waals surface area contributed by atoms with E-state index in [4.69, 9.17) is 5.73 Å². The van der Waals surface area contributed by atoms with Gasteiger partial charge in [-0.05, 0) is 62.9 Å². The molecule has 0 saturated heterocycles. The zero-order valence-corrected chi connectivity index (χ0v) is 22.5. The molecule has 0 unspecified atom stereocenters. The number of Topliss-reactive ketones (excluding diaryl/α,β-unsaturated/α-hetero) is 2. The number of alkyl halides is 3. The second-order valence-corrected chi connectivity index (χ2v) is 11.1. The van der Waals surface area contributed by atoms with Gasteiger partial charge in [0.2, 0.25) is 5.78 Å². The number of halogens is 3. The zero-order valence-electron chi connectivity index (χ0n) is 22.5. The van der Waals surface area contributed by atoms with Crippen molar-refractivity contribution in [3.05, 3.63) is 39.7 Å². The fourth-order valence-electron chi connectivity index (χ4n) is 6.41. The fourth-order valence-corrected chi connectivity index (χ4v) is 6.41. The number of rotatable bonds is 6. The molecule has 10 nitrogen and oxygen atoms in total. The Morgan fingerprint density at radius 2 is 1.77 bits per heavy atom. The van der Waals surface area contributed by atoms with Gasteiger partial charge in [0.1, 0.15) is 22.8 Å². The maximum absolute atomic E-state index is 13.9. The van der Waals surface area contributed by atoms with Crippen molar-refractivity contribution in [1.82, 2.24) is 4.90 Å². The van der Waals surface area contributed by atoms with Crippen molar-refractivity contribution < 1.29 is 48.0 Å². The summed E-state index contributed by atoms with van der Waals surface area (Å²) in [5.41, 5.74) is 2.25. The number of phenolic OH excluding ortho intramolecular Hbond substituents is 1. The van der Waals surface area contributed by atoms with Crippen molar-refractivity contribution in [3.8, 4) is 5.75 Å². The predicted octanol–water partition coefficient (Wildman–Crippen LogP) is 1.92. The Hall–Kier alpha value is -3.58. The van der Waals surface area contributed by atoms with E-state index in [1.807, 2.05) is 0 Å². The van der Waals surface area contributed by atoms with E-state index in [9.17, 15) is 48.0 Å². The summed E-state index contributed by atoms with van der Waals surface area (Å²) in [6.07, 6.45) is -5.94. The van der Waals surface area contributed by atoms with Gasteiger partial charge in [-0.1, -0.05) is 0 Å². The van der Waals surface area contributed by atoms with Crippen LogP contribution in [0.1, 0.15) is 36.0 Å². The first-order valence-corrected chi connectivity index (χ1v) is 12.7. The summed E-state index contributed by atoms with van der Waals surface area (Å²) in [6.45, 7) is 0. The maximum Gasteiger partial charge on any atom is 0.389 e. The summed E-state index contributed by atoms with van der Waals surface area (Å²) < 4.78 is 38.3. The molecule has 0 aliphatic heterocycles. The lowest BCUT2D eigenvalue weighted by Crippen LogP contribution is -2.65. The second-order valence-electron chi connectivity index (χ2n) is 11.1. The number of phenols is 1. The van der Waals surface area contributed by atoms with E-state index >= 15 is 0 Å². The SMILES string of the molecule is CN(C)c1cc(CCCC(F)(F)F)c(O)c2c1C[C@H]1C[C@H]3[C@H](N(C)C)C(=O)C(C(N)=O)=C(O)[C@@]3(O)C(=O)C1=C2O. The second kappa shape index (κ2) is 9.81. The fraction of sp³-hybridized carbons (Fsp3) is 0.519. The highest BCUT2D eigenvalue weighted by Gasteiger charge is 2.64. The molecular formula is C27H32F3N3O7. The van der Waals surface area contributed by atoms with E-state index in [2.05, 4.69) is 0 Å². The topological polar surface area (TPSA) is 165 Å². The summed E-state index contributed by atoms with van der Waals surface area (Å²) in [5.74, 6) is -7.66. The van der Waals surface area contributed by atoms with Crippen LogP contribution in [0.3, 0.4) is 0 Å². The molecule has 40 heavy (non-hydrogen) atoms. The number of likely N-dealkylation sites (N-methyl/N-ethyl adjacent to an activating group) is 1. The minimum Gasteiger partial charge on any atom is -0.508 e. The van der Waals surface area contributed by atoms with Crippen LogP contribution >= 0.6 is 0 Å². The molecule has 0 aromatic heterocycles. The Labute approximate surface area is 228 Å². The minimum absolute atomic E-state index is 0.0628. The molecule has 4 atom stereocenters. The first kappa shape index (κ1) is 29.4. The monoisotopic (exact) mass is 567 g/mol. The highest BCUT2D eigenvalue weighted by molar-refractivity contribution is 6.24. The molecule has 1 aromatic rings. The molecule has 0 bridgehead atoms. The molecule has 1 saturated carbocycles. The van der Waals surface area contributed by atoms with Crippen molar-refractivity contribution in [3.63, 3.8) is 0 Å². The molecule has 0 radical (unpaired) electrons. The van der Waals surface area contributed by atoms with Crippen LogP contribution in [0, 0.1) is 11.8 Å². The number of hydrogen-bond acceptors (Lipinski definition) is 9. The van der Waals surface area contributed by atoms with Crippen molar-refractivity contribution in [2.24, 2.45) is 17.6 Å². The van der Waals surface area contributed by atoms with Crippen molar-refractivity contribution in [2.45, 2.75) is 49.9 Å². The third-order valence-electron chi connectivity index (χ3n) is 8.16. The first-order chi connectivity index (χ1) is 18.4. The van der Waals surface area contributed by atoms with E-state index < -0.39 is 76.4 Å². The molecular weight excluding hydrogens is 535 g/mol. The molecule has 3 aliphatic carbocycles. The number of nitrogens with zero attached hydrogens (tertiary/aromatic N) is 2.